The van der Waals surface area contributed by atoms with Gasteiger partial charge in [0.05, 0.1) is 13.2 Å². The van der Waals surface area contributed by atoms with Crippen LogP contribution in [-0.2, 0) is 15.9 Å². The fourth-order valence-electron chi connectivity index (χ4n) is 7.41. The predicted octanol–water partition coefficient (Wildman–Crippen LogP) is 6.02. The van der Waals surface area contributed by atoms with Crippen LogP contribution in [0.2, 0.25) is 0 Å². The van der Waals surface area contributed by atoms with Crippen molar-refractivity contribution >= 4 is 0 Å². The lowest BCUT2D eigenvalue weighted by molar-refractivity contribution is -0.215. The lowest BCUT2D eigenvalue weighted by atomic mass is 9.47. The molecule has 3 fully saturated rings. The topological polar surface area (TPSA) is 27.7 Å². The van der Waals surface area contributed by atoms with E-state index in [1.165, 1.54) is 50.5 Å². The average molecular weight is 397 g/mol. The fraction of sp³-hybridized carbons (Fsp3) is 0.692. The molecule has 1 saturated heterocycles. The van der Waals surface area contributed by atoms with Gasteiger partial charge in [0.25, 0.3) is 0 Å². The van der Waals surface area contributed by atoms with Gasteiger partial charge in [0.2, 0.25) is 0 Å². The molecule has 3 heteroatoms. The Balaban J connectivity index is 1.44. The number of hydrogen-bond donors (Lipinski definition) is 0. The van der Waals surface area contributed by atoms with Crippen molar-refractivity contribution in [3.63, 3.8) is 0 Å². The average Bonchev–Trinajstić information content (AvgIpc) is 3.10. The van der Waals surface area contributed by atoms with E-state index in [9.17, 15) is 0 Å². The summed E-state index contributed by atoms with van der Waals surface area (Å²) in [6, 6.07) is 6.74. The van der Waals surface area contributed by atoms with Gasteiger partial charge in [-0.3, -0.25) is 0 Å². The number of fused-ring (bicyclic) bond motifs is 5. The normalized spacial score (nSPS) is 41.2. The van der Waals surface area contributed by atoms with Crippen molar-refractivity contribution in [2.45, 2.75) is 83.0 Å². The molecule has 3 nitrogen and oxygen atoms in total. The highest BCUT2D eigenvalue weighted by Gasteiger charge is 2.61. The van der Waals surface area contributed by atoms with Gasteiger partial charge >= 0.3 is 0 Å². The van der Waals surface area contributed by atoms with Crippen LogP contribution in [0.5, 0.6) is 5.75 Å². The number of methoxy groups -OCH3 is 1. The van der Waals surface area contributed by atoms with Crippen LogP contribution in [0.4, 0.5) is 0 Å². The lowest BCUT2D eigenvalue weighted by Crippen LogP contribution is -2.51. The second-order valence-corrected chi connectivity index (χ2v) is 10.0. The van der Waals surface area contributed by atoms with Crippen LogP contribution in [-0.4, -0.2) is 26.1 Å². The minimum absolute atomic E-state index is 0.0151. The minimum Gasteiger partial charge on any atom is -0.497 e. The maximum Gasteiger partial charge on any atom is 0.157 e. The van der Waals surface area contributed by atoms with E-state index < -0.39 is 0 Å². The number of aryl methyl sites for hydroxylation is 1. The van der Waals surface area contributed by atoms with E-state index in [0.29, 0.717) is 17.9 Å². The number of benzene rings is 1. The first-order chi connectivity index (χ1) is 14.1. The van der Waals surface area contributed by atoms with E-state index in [1.54, 1.807) is 12.7 Å². The van der Waals surface area contributed by atoms with E-state index in [0.717, 1.165) is 25.2 Å². The SMILES string of the molecule is C=C[C@@]12CCc3cc(OC)ccc3[C@H]1CC[C@]1(C)[C@@H](OC3CCCCO3)CC[C@H]12. The molecule has 3 aliphatic carbocycles. The quantitative estimate of drug-likeness (QED) is 0.583. The van der Waals surface area contributed by atoms with E-state index in [1.807, 2.05) is 0 Å². The van der Waals surface area contributed by atoms with Crippen molar-refractivity contribution in [2.75, 3.05) is 13.7 Å². The highest BCUT2D eigenvalue weighted by molar-refractivity contribution is 5.43. The zero-order chi connectivity index (χ0) is 20.1. The Hall–Kier alpha value is -1.32. The number of hydrogen-bond acceptors (Lipinski definition) is 3. The molecule has 0 aromatic heterocycles. The molecule has 0 N–H and O–H groups in total. The lowest BCUT2D eigenvalue weighted by Gasteiger charge is -2.57. The zero-order valence-corrected chi connectivity index (χ0v) is 18.1. The van der Waals surface area contributed by atoms with E-state index in [4.69, 9.17) is 14.2 Å². The molecule has 158 valence electrons. The monoisotopic (exact) mass is 396 g/mol. The maximum atomic E-state index is 6.62. The van der Waals surface area contributed by atoms with Crippen LogP contribution in [0.1, 0.15) is 75.3 Å². The smallest absolute Gasteiger partial charge is 0.157 e. The van der Waals surface area contributed by atoms with Crippen molar-refractivity contribution in [1.82, 2.24) is 0 Å². The van der Waals surface area contributed by atoms with Gasteiger partial charge in [-0.1, -0.05) is 19.1 Å². The van der Waals surface area contributed by atoms with Crippen molar-refractivity contribution in [1.29, 1.82) is 0 Å². The maximum absolute atomic E-state index is 6.62. The minimum atomic E-state index is 0.0151. The molecule has 0 radical (unpaired) electrons. The molecule has 29 heavy (non-hydrogen) atoms. The summed E-state index contributed by atoms with van der Waals surface area (Å²) >= 11 is 0. The summed E-state index contributed by atoms with van der Waals surface area (Å²) in [5, 5.41) is 0. The van der Waals surface area contributed by atoms with Crippen molar-refractivity contribution in [3.05, 3.63) is 42.0 Å². The third-order valence-electron chi connectivity index (χ3n) is 8.91. The van der Waals surface area contributed by atoms with Crippen LogP contribution in [0.15, 0.2) is 30.9 Å². The van der Waals surface area contributed by atoms with Crippen molar-refractivity contribution in [2.24, 2.45) is 16.7 Å². The van der Waals surface area contributed by atoms with Gasteiger partial charge in [-0.15, -0.1) is 6.58 Å². The van der Waals surface area contributed by atoms with Gasteiger partial charge in [-0.25, -0.2) is 0 Å². The van der Waals surface area contributed by atoms with Crippen molar-refractivity contribution in [3.8, 4) is 5.75 Å². The first kappa shape index (κ1) is 19.6. The van der Waals surface area contributed by atoms with E-state index >= 15 is 0 Å². The zero-order valence-electron chi connectivity index (χ0n) is 18.1. The van der Waals surface area contributed by atoms with Gasteiger partial charge in [0.1, 0.15) is 5.75 Å². The Labute approximate surface area is 175 Å². The molecule has 4 aliphatic rings. The largest absolute Gasteiger partial charge is 0.497 e. The number of ether oxygens (including phenoxy) is 3. The van der Waals surface area contributed by atoms with Gasteiger partial charge in [0, 0.05) is 6.61 Å². The standard InChI is InChI=1S/C26H36O3/c1-4-26-15-12-18-17-19(27-3)8-9-20(18)21(26)13-14-25(2)22(26)10-11-23(25)29-24-7-5-6-16-28-24/h4,8-9,17,21-24H,1,5-7,10-16H2,2-3H3/t21-,22-,23+,24?,25+,26-/m1/s1. The van der Waals surface area contributed by atoms with Crippen LogP contribution in [0.3, 0.4) is 0 Å². The first-order valence-corrected chi connectivity index (χ1v) is 11.7. The molecule has 0 bridgehead atoms. The van der Waals surface area contributed by atoms with E-state index in [-0.39, 0.29) is 17.1 Å². The van der Waals surface area contributed by atoms with Crippen LogP contribution in [0, 0.1) is 16.7 Å². The molecule has 1 unspecified atom stereocenters. The Bertz CT molecular complexity index is 767. The molecule has 1 heterocycles. The number of allylic oxidation sites excluding steroid dienone is 1. The summed E-state index contributed by atoms with van der Waals surface area (Å²) in [6.45, 7) is 7.77. The van der Waals surface area contributed by atoms with Gasteiger partial charge in [-0.05, 0) is 104 Å². The second kappa shape index (κ2) is 7.42. The fourth-order valence-corrected chi connectivity index (χ4v) is 7.41. The highest BCUT2D eigenvalue weighted by Crippen LogP contribution is 2.68. The number of rotatable bonds is 4. The Kier molecular flexibility index (Phi) is 5.03. The molecule has 1 aliphatic heterocycles. The van der Waals surface area contributed by atoms with Gasteiger partial charge < -0.3 is 14.2 Å². The summed E-state index contributed by atoms with van der Waals surface area (Å²) < 4.78 is 18.0. The second-order valence-electron chi connectivity index (χ2n) is 10.0. The predicted molar refractivity (Wildman–Crippen MR) is 115 cm³/mol. The summed E-state index contributed by atoms with van der Waals surface area (Å²) in [4.78, 5) is 0. The Morgan fingerprint density at radius 2 is 2.03 bits per heavy atom. The molecular weight excluding hydrogens is 360 g/mol. The Morgan fingerprint density at radius 3 is 2.79 bits per heavy atom. The Morgan fingerprint density at radius 1 is 1.14 bits per heavy atom. The molecule has 0 amide bonds. The summed E-state index contributed by atoms with van der Waals surface area (Å²) in [6.07, 6.45) is 13.4. The summed E-state index contributed by atoms with van der Waals surface area (Å²) in [7, 11) is 1.76. The van der Waals surface area contributed by atoms with Crippen molar-refractivity contribution < 1.29 is 14.2 Å². The third kappa shape index (κ3) is 2.99. The van der Waals surface area contributed by atoms with Crippen LogP contribution in [0.25, 0.3) is 0 Å². The molecule has 0 spiro atoms. The van der Waals surface area contributed by atoms with E-state index in [2.05, 4.69) is 37.8 Å². The molecule has 6 atom stereocenters. The van der Waals surface area contributed by atoms with Gasteiger partial charge in [0.15, 0.2) is 6.29 Å². The molecule has 5 rings (SSSR count). The summed E-state index contributed by atoms with van der Waals surface area (Å²) in [5.74, 6) is 2.21. The molecule has 1 aromatic carbocycles. The van der Waals surface area contributed by atoms with Crippen LogP contribution >= 0.6 is 0 Å². The first-order valence-electron chi connectivity index (χ1n) is 11.7. The summed E-state index contributed by atoms with van der Waals surface area (Å²) in [5.41, 5.74) is 3.45. The molecule has 1 aromatic rings. The highest BCUT2D eigenvalue weighted by atomic mass is 16.7. The molecule has 2 saturated carbocycles. The van der Waals surface area contributed by atoms with Crippen LogP contribution < -0.4 is 4.74 Å². The van der Waals surface area contributed by atoms with Gasteiger partial charge in [-0.2, -0.15) is 0 Å². The molecular formula is C26H36O3. The third-order valence-corrected chi connectivity index (χ3v) is 8.91.